The van der Waals surface area contributed by atoms with Gasteiger partial charge in [-0.25, -0.2) is 0 Å². The number of carbonyl (C=O) groups is 1. The highest BCUT2D eigenvalue weighted by Gasteiger charge is 2.14. The molecule has 0 atom stereocenters. The number of rotatable bonds is 2. The van der Waals surface area contributed by atoms with Crippen molar-refractivity contribution in [3.05, 3.63) is 55.1 Å². The molecule has 0 saturated carbocycles. The summed E-state index contributed by atoms with van der Waals surface area (Å²) in [6, 6.07) is 7.25. The quantitative estimate of drug-likeness (QED) is 0.734. The fraction of sp³-hybridized carbons (Fsp3) is 0.0833. The van der Waals surface area contributed by atoms with Crippen LogP contribution in [0.1, 0.15) is 20.8 Å². The predicted molar refractivity (Wildman–Crippen MR) is 71.6 cm³/mol. The monoisotopic (exact) mass is 314 g/mol. The molecule has 16 heavy (non-hydrogen) atoms. The Labute approximate surface area is 111 Å². The van der Waals surface area contributed by atoms with Gasteiger partial charge in [-0.3, -0.25) is 4.79 Å². The molecule has 0 aliphatic heterocycles. The van der Waals surface area contributed by atoms with Crippen LogP contribution in [0.4, 0.5) is 0 Å². The summed E-state index contributed by atoms with van der Waals surface area (Å²) < 4.78 is 0.833. The van der Waals surface area contributed by atoms with Crippen LogP contribution >= 0.6 is 38.9 Å². The lowest BCUT2D eigenvalue weighted by Crippen LogP contribution is -1.99. The highest BCUT2D eigenvalue weighted by Crippen LogP contribution is 2.26. The second kappa shape index (κ2) is 4.70. The summed E-state index contributed by atoms with van der Waals surface area (Å²) >= 11 is 10.7. The van der Waals surface area contributed by atoms with Gasteiger partial charge in [0.05, 0.1) is 4.88 Å². The maximum absolute atomic E-state index is 12.2. The van der Waals surface area contributed by atoms with Gasteiger partial charge in [-0.05, 0) is 58.1 Å². The second-order valence-corrected chi connectivity index (χ2v) is 5.65. The van der Waals surface area contributed by atoms with E-state index in [9.17, 15) is 4.79 Å². The average molecular weight is 316 g/mol. The third-order valence-electron chi connectivity index (χ3n) is 2.13. The highest BCUT2D eigenvalue weighted by atomic mass is 79.9. The number of aryl methyl sites for hydroxylation is 1. The zero-order chi connectivity index (χ0) is 11.7. The van der Waals surface area contributed by atoms with Crippen LogP contribution in [-0.2, 0) is 0 Å². The molecule has 0 unspecified atom stereocenters. The second-order valence-electron chi connectivity index (χ2n) is 3.44. The van der Waals surface area contributed by atoms with Gasteiger partial charge in [-0.2, -0.15) is 0 Å². The standard InChI is InChI=1S/C12H8BrClOS/c1-7-4-8(6-9(14)5-7)11(15)12-10(13)2-3-16-12/h2-6H,1H3. The first kappa shape index (κ1) is 11.8. The maximum atomic E-state index is 12.2. The van der Waals surface area contributed by atoms with Gasteiger partial charge >= 0.3 is 0 Å². The van der Waals surface area contributed by atoms with Crippen molar-refractivity contribution in [3.8, 4) is 0 Å². The fourth-order valence-corrected chi connectivity index (χ4v) is 3.26. The van der Waals surface area contributed by atoms with Crippen LogP contribution < -0.4 is 0 Å². The number of thiophene rings is 1. The zero-order valence-electron chi connectivity index (χ0n) is 8.46. The Balaban J connectivity index is 2.45. The van der Waals surface area contributed by atoms with Crippen molar-refractivity contribution in [1.29, 1.82) is 0 Å². The zero-order valence-corrected chi connectivity index (χ0v) is 11.6. The number of hydrogen-bond donors (Lipinski definition) is 0. The number of halogens is 2. The van der Waals surface area contributed by atoms with Crippen molar-refractivity contribution in [1.82, 2.24) is 0 Å². The van der Waals surface area contributed by atoms with Gasteiger partial charge in [0.25, 0.3) is 0 Å². The smallest absolute Gasteiger partial charge is 0.204 e. The minimum absolute atomic E-state index is 0.00692. The highest BCUT2D eigenvalue weighted by molar-refractivity contribution is 9.10. The third kappa shape index (κ3) is 2.37. The van der Waals surface area contributed by atoms with Crippen LogP contribution in [0.5, 0.6) is 0 Å². The lowest BCUT2D eigenvalue weighted by Gasteiger charge is -2.02. The molecule has 0 aliphatic rings. The summed E-state index contributed by atoms with van der Waals surface area (Å²) in [5.74, 6) is 0.00692. The van der Waals surface area contributed by atoms with E-state index < -0.39 is 0 Å². The van der Waals surface area contributed by atoms with Gasteiger partial charge in [-0.1, -0.05) is 11.6 Å². The van der Waals surface area contributed by atoms with E-state index in [2.05, 4.69) is 15.9 Å². The van der Waals surface area contributed by atoms with Crippen molar-refractivity contribution < 1.29 is 4.79 Å². The van der Waals surface area contributed by atoms with E-state index in [1.54, 1.807) is 6.07 Å². The SMILES string of the molecule is Cc1cc(Cl)cc(C(=O)c2sccc2Br)c1. The van der Waals surface area contributed by atoms with Gasteiger partial charge in [-0.15, -0.1) is 11.3 Å². The first-order valence-electron chi connectivity index (χ1n) is 4.63. The molecule has 0 N–H and O–H groups in total. The van der Waals surface area contributed by atoms with Crippen LogP contribution in [-0.4, -0.2) is 5.78 Å². The number of carbonyl (C=O) groups excluding carboxylic acids is 1. The van der Waals surface area contributed by atoms with E-state index in [1.807, 2.05) is 30.5 Å². The number of benzene rings is 1. The Kier molecular flexibility index (Phi) is 3.47. The predicted octanol–water partition coefficient (Wildman–Crippen LogP) is 4.70. The molecule has 0 saturated heterocycles. The normalized spacial score (nSPS) is 10.4. The van der Waals surface area contributed by atoms with Gasteiger partial charge in [0, 0.05) is 15.1 Å². The van der Waals surface area contributed by atoms with Crippen molar-refractivity contribution in [2.24, 2.45) is 0 Å². The molecular formula is C12H8BrClOS. The van der Waals surface area contributed by atoms with Crippen LogP contribution in [0.25, 0.3) is 0 Å². The minimum Gasteiger partial charge on any atom is -0.288 e. The van der Waals surface area contributed by atoms with Crippen molar-refractivity contribution >= 4 is 44.7 Å². The van der Waals surface area contributed by atoms with Gasteiger partial charge in [0.15, 0.2) is 0 Å². The Bertz CT molecular complexity index is 527. The lowest BCUT2D eigenvalue weighted by molar-refractivity contribution is 0.104. The van der Waals surface area contributed by atoms with Gasteiger partial charge in [0.1, 0.15) is 0 Å². The van der Waals surface area contributed by atoms with E-state index in [0.717, 1.165) is 10.0 Å². The molecule has 82 valence electrons. The molecule has 0 aliphatic carbocycles. The van der Waals surface area contributed by atoms with Crippen molar-refractivity contribution in [2.75, 3.05) is 0 Å². The van der Waals surface area contributed by atoms with E-state index in [0.29, 0.717) is 15.5 Å². The molecule has 0 fully saturated rings. The summed E-state index contributed by atoms with van der Waals surface area (Å²) in [4.78, 5) is 12.9. The molecule has 2 aromatic rings. The minimum atomic E-state index is 0.00692. The van der Waals surface area contributed by atoms with Crippen molar-refractivity contribution in [2.45, 2.75) is 6.92 Å². The largest absolute Gasteiger partial charge is 0.288 e. The molecule has 4 heteroatoms. The van der Waals surface area contributed by atoms with Crippen molar-refractivity contribution in [3.63, 3.8) is 0 Å². The van der Waals surface area contributed by atoms with Crippen LogP contribution in [0.15, 0.2) is 34.1 Å². The lowest BCUT2D eigenvalue weighted by atomic mass is 10.1. The number of hydrogen-bond acceptors (Lipinski definition) is 2. The molecule has 0 radical (unpaired) electrons. The molecule has 1 heterocycles. The first-order chi connectivity index (χ1) is 7.58. The Morgan fingerprint density at radius 1 is 1.38 bits per heavy atom. The van der Waals surface area contributed by atoms with E-state index in [-0.39, 0.29) is 5.78 Å². The number of ketones is 1. The molecule has 2 rings (SSSR count). The van der Waals surface area contributed by atoms with E-state index in [4.69, 9.17) is 11.6 Å². The molecule has 0 spiro atoms. The summed E-state index contributed by atoms with van der Waals surface area (Å²) in [6.07, 6.45) is 0. The van der Waals surface area contributed by atoms with Crippen LogP contribution in [0, 0.1) is 6.92 Å². The van der Waals surface area contributed by atoms with Gasteiger partial charge in [0.2, 0.25) is 5.78 Å². The topological polar surface area (TPSA) is 17.1 Å². The molecule has 0 amide bonds. The molecule has 0 bridgehead atoms. The van der Waals surface area contributed by atoms with E-state index >= 15 is 0 Å². The Hall–Kier alpha value is -0.640. The summed E-state index contributed by atoms with van der Waals surface area (Å²) in [5, 5.41) is 2.48. The first-order valence-corrected chi connectivity index (χ1v) is 6.68. The summed E-state index contributed by atoms with van der Waals surface area (Å²) in [5.41, 5.74) is 1.62. The van der Waals surface area contributed by atoms with Crippen LogP contribution in [0.2, 0.25) is 5.02 Å². The Morgan fingerprint density at radius 3 is 2.69 bits per heavy atom. The Morgan fingerprint density at radius 2 is 2.12 bits per heavy atom. The average Bonchev–Trinajstić information content (AvgIpc) is 2.62. The summed E-state index contributed by atoms with van der Waals surface area (Å²) in [7, 11) is 0. The third-order valence-corrected chi connectivity index (χ3v) is 4.18. The molecule has 1 aromatic carbocycles. The summed E-state index contributed by atoms with van der Waals surface area (Å²) in [6.45, 7) is 1.92. The van der Waals surface area contributed by atoms with E-state index in [1.165, 1.54) is 11.3 Å². The maximum Gasteiger partial charge on any atom is 0.204 e. The molecule has 1 nitrogen and oxygen atoms in total. The van der Waals surface area contributed by atoms with Gasteiger partial charge < -0.3 is 0 Å². The van der Waals surface area contributed by atoms with Crippen LogP contribution in [0.3, 0.4) is 0 Å². The fourth-order valence-electron chi connectivity index (χ4n) is 1.45. The molecule has 1 aromatic heterocycles. The molecular weight excluding hydrogens is 308 g/mol.